The van der Waals surface area contributed by atoms with Gasteiger partial charge in [0.1, 0.15) is 0 Å². The van der Waals surface area contributed by atoms with E-state index in [1.54, 1.807) is 26.2 Å². The topological polar surface area (TPSA) is 57.2 Å². The van der Waals surface area contributed by atoms with Gasteiger partial charge >= 0.3 is 14.9 Å². The molecule has 0 spiro atoms. The molecule has 0 radical (unpaired) electrons. The summed E-state index contributed by atoms with van der Waals surface area (Å²) in [4.78, 5) is 13.9. The molecule has 8 heteroatoms. The van der Waals surface area contributed by atoms with Crippen molar-refractivity contribution >= 4 is 23.2 Å². The van der Waals surface area contributed by atoms with Crippen LogP contribution in [-0.2, 0) is 17.7 Å². The lowest BCUT2D eigenvalue weighted by molar-refractivity contribution is 0.119. The van der Waals surface area contributed by atoms with E-state index in [0.29, 0.717) is 19.1 Å². The van der Waals surface area contributed by atoms with Crippen LogP contribution in [0.3, 0.4) is 0 Å². The quantitative estimate of drug-likeness (QED) is 0.574. The van der Waals surface area contributed by atoms with E-state index in [-0.39, 0.29) is 6.09 Å². The van der Waals surface area contributed by atoms with Gasteiger partial charge in [0.15, 0.2) is 0 Å². The van der Waals surface area contributed by atoms with Crippen molar-refractivity contribution < 1.29 is 22.5 Å². The summed E-state index contributed by atoms with van der Waals surface area (Å²) in [5, 5.41) is 0. The first-order valence-electron chi connectivity index (χ1n) is 7.37. The zero-order valence-corrected chi connectivity index (χ0v) is 16.5. The van der Waals surface area contributed by atoms with E-state index in [2.05, 4.69) is 0 Å². The molecule has 0 rings (SSSR count). The van der Waals surface area contributed by atoms with E-state index < -0.39 is 17.1 Å². The third-order valence-corrected chi connectivity index (χ3v) is 6.61. The standard InChI is InChI=1S/C13H31NO5Si2/c1-8-10-14(13(15)19-20(5,6)7)11-9-12-21(16-2,17-3)18-4/h8-12H2,1-7H3. The first-order valence-corrected chi connectivity index (χ1v) is 12.7. The summed E-state index contributed by atoms with van der Waals surface area (Å²) in [6.45, 7) is 9.40. The fourth-order valence-corrected chi connectivity index (χ4v) is 4.29. The van der Waals surface area contributed by atoms with Crippen molar-refractivity contribution in [3.05, 3.63) is 0 Å². The van der Waals surface area contributed by atoms with E-state index in [1.807, 2.05) is 26.6 Å². The van der Waals surface area contributed by atoms with Crippen LogP contribution in [0.4, 0.5) is 4.79 Å². The summed E-state index contributed by atoms with van der Waals surface area (Å²) in [5.41, 5.74) is 0. The molecule has 0 saturated carbocycles. The number of carbonyl (C=O) groups excluding carboxylic acids is 1. The highest BCUT2D eigenvalue weighted by Crippen LogP contribution is 2.16. The SMILES string of the molecule is CCCN(CCC[Si](OC)(OC)OC)C(=O)O[Si](C)(C)C. The highest BCUT2D eigenvalue weighted by molar-refractivity contribution is 6.71. The third-order valence-electron chi connectivity index (χ3n) is 2.99. The Balaban J connectivity index is 4.48. The molecule has 21 heavy (non-hydrogen) atoms. The van der Waals surface area contributed by atoms with Crippen molar-refractivity contribution in [1.29, 1.82) is 0 Å². The Labute approximate surface area is 131 Å². The van der Waals surface area contributed by atoms with Crippen molar-refractivity contribution in [2.75, 3.05) is 34.4 Å². The minimum atomic E-state index is -2.56. The first kappa shape index (κ1) is 20.6. The van der Waals surface area contributed by atoms with E-state index in [1.165, 1.54) is 0 Å². The molecule has 1 amide bonds. The lowest BCUT2D eigenvalue weighted by atomic mass is 10.4. The molecule has 0 aliphatic heterocycles. The molecule has 6 nitrogen and oxygen atoms in total. The molecular weight excluding hydrogens is 306 g/mol. The van der Waals surface area contributed by atoms with Crippen molar-refractivity contribution in [2.24, 2.45) is 0 Å². The molecule has 0 aliphatic carbocycles. The Morgan fingerprint density at radius 2 is 1.52 bits per heavy atom. The summed E-state index contributed by atoms with van der Waals surface area (Å²) in [6.07, 6.45) is 1.46. The average molecular weight is 338 g/mol. The van der Waals surface area contributed by atoms with Gasteiger partial charge in [-0.05, 0) is 32.5 Å². The third kappa shape index (κ3) is 7.96. The molecule has 0 aromatic rings. The van der Waals surface area contributed by atoms with Crippen molar-refractivity contribution in [2.45, 2.75) is 45.5 Å². The second kappa shape index (κ2) is 9.57. The Bertz CT molecular complexity index is 297. The highest BCUT2D eigenvalue weighted by Gasteiger charge is 2.37. The van der Waals surface area contributed by atoms with Crippen LogP contribution in [-0.4, -0.2) is 62.5 Å². The lowest BCUT2D eigenvalue weighted by Crippen LogP contribution is -2.44. The molecule has 0 fully saturated rings. The van der Waals surface area contributed by atoms with E-state index >= 15 is 0 Å². The van der Waals surface area contributed by atoms with Gasteiger partial charge in [-0.15, -0.1) is 0 Å². The van der Waals surface area contributed by atoms with Crippen LogP contribution in [0.2, 0.25) is 25.7 Å². The van der Waals surface area contributed by atoms with Gasteiger partial charge in [-0.3, -0.25) is 0 Å². The minimum absolute atomic E-state index is 0.212. The molecule has 0 bridgehead atoms. The Morgan fingerprint density at radius 3 is 1.90 bits per heavy atom. The maximum Gasteiger partial charge on any atom is 0.500 e. The summed E-state index contributed by atoms with van der Waals surface area (Å²) < 4.78 is 21.7. The van der Waals surface area contributed by atoms with Gasteiger partial charge in [0.25, 0.3) is 0 Å². The van der Waals surface area contributed by atoms with Gasteiger partial charge in [0.2, 0.25) is 8.32 Å². The van der Waals surface area contributed by atoms with Crippen molar-refractivity contribution in [3.8, 4) is 0 Å². The average Bonchev–Trinajstić information content (AvgIpc) is 2.41. The maximum absolute atomic E-state index is 12.2. The van der Waals surface area contributed by atoms with E-state index in [4.69, 9.17) is 17.7 Å². The summed E-state index contributed by atoms with van der Waals surface area (Å²) >= 11 is 0. The monoisotopic (exact) mass is 337 g/mol. The van der Waals surface area contributed by atoms with E-state index in [9.17, 15) is 4.79 Å². The lowest BCUT2D eigenvalue weighted by Gasteiger charge is -2.28. The molecule has 0 saturated heterocycles. The second-order valence-electron chi connectivity index (χ2n) is 5.87. The molecule has 0 atom stereocenters. The van der Waals surface area contributed by atoms with Crippen LogP contribution in [0.5, 0.6) is 0 Å². The number of hydrogen-bond acceptors (Lipinski definition) is 5. The first-order chi connectivity index (χ1) is 9.73. The van der Waals surface area contributed by atoms with Gasteiger partial charge in [0, 0.05) is 40.5 Å². The largest absolute Gasteiger partial charge is 0.504 e. The van der Waals surface area contributed by atoms with Crippen LogP contribution in [0.25, 0.3) is 0 Å². The van der Waals surface area contributed by atoms with Gasteiger partial charge in [-0.25, -0.2) is 4.79 Å². The maximum atomic E-state index is 12.2. The number of amides is 1. The van der Waals surface area contributed by atoms with Crippen LogP contribution in [0.1, 0.15) is 19.8 Å². The highest BCUT2D eigenvalue weighted by atomic mass is 28.4. The van der Waals surface area contributed by atoms with Crippen LogP contribution >= 0.6 is 0 Å². The van der Waals surface area contributed by atoms with Gasteiger partial charge in [0.05, 0.1) is 0 Å². The van der Waals surface area contributed by atoms with Gasteiger partial charge < -0.3 is 22.6 Å². The van der Waals surface area contributed by atoms with Gasteiger partial charge in [-0.2, -0.15) is 0 Å². The molecule has 126 valence electrons. The Kier molecular flexibility index (Phi) is 9.38. The smallest absolute Gasteiger partial charge is 0.500 e. The fourth-order valence-electron chi connectivity index (χ4n) is 1.93. The van der Waals surface area contributed by atoms with Crippen molar-refractivity contribution in [3.63, 3.8) is 0 Å². The Hall–Kier alpha value is -0.416. The van der Waals surface area contributed by atoms with Gasteiger partial charge in [-0.1, -0.05) is 6.92 Å². The summed E-state index contributed by atoms with van der Waals surface area (Å²) in [6, 6.07) is 0.678. The fraction of sp³-hybridized carbons (Fsp3) is 0.923. The molecular formula is C13H31NO5Si2. The second-order valence-corrected chi connectivity index (χ2v) is 13.4. The van der Waals surface area contributed by atoms with Crippen molar-refractivity contribution in [1.82, 2.24) is 4.90 Å². The number of hydrogen-bond donors (Lipinski definition) is 0. The Morgan fingerprint density at radius 1 is 1.00 bits per heavy atom. The molecule has 0 unspecified atom stereocenters. The van der Waals surface area contributed by atoms with Crippen LogP contribution in [0.15, 0.2) is 0 Å². The number of nitrogens with zero attached hydrogens (tertiary/aromatic N) is 1. The predicted octanol–water partition coefficient (Wildman–Crippen LogP) is 2.94. The zero-order valence-electron chi connectivity index (χ0n) is 14.5. The molecule has 0 aromatic heterocycles. The van der Waals surface area contributed by atoms with E-state index in [0.717, 1.165) is 12.8 Å². The van der Waals surface area contributed by atoms with Crippen LogP contribution in [0, 0.1) is 0 Å². The molecule has 0 heterocycles. The molecule has 0 N–H and O–H groups in total. The minimum Gasteiger partial charge on any atom is -0.504 e. The summed E-state index contributed by atoms with van der Waals surface area (Å²) in [5.74, 6) is 0. The predicted molar refractivity (Wildman–Crippen MR) is 87.9 cm³/mol. The number of carbonyl (C=O) groups is 1. The zero-order chi connectivity index (χ0) is 16.5. The normalized spacial score (nSPS) is 12.3. The number of rotatable bonds is 10. The summed E-state index contributed by atoms with van der Waals surface area (Å²) in [7, 11) is 0.375. The van der Waals surface area contributed by atoms with Crippen LogP contribution < -0.4 is 0 Å². The molecule has 0 aromatic carbocycles. The molecule has 0 aliphatic rings.